The first-order valence-corrected chi connectivity index (χ1v) is 5.85. The second-order valence-corrected chi connectivity index (χ2v) is 4.47. The van der Waals surface area contributed by atoms with Crippen molar-refractivity contribution in [1.29, 1.82) is 0 Å². The molecule has 1 fully saturated rings. The number of anilines is 1. The van der Waals surface area contributed by atoms with Gasteiger partial charge in [-0.05, 0) is 24.1 Å². The molecular formula is C13H20N2O. The van der Waals surface area contributed by atoms with Gasteiger partial charge in [0.2, 0.25) is 0 Å². The van der Waals surface area contributed by atoms with Crippen LogP contribution < -0.4 is 10.2 Å². The molecule has 1 heterocycles. The monoisotopic (exact) mass is 220 g/mol. The van der Waals surface area contributed by atoms with Gasteiger partial charge in [-0.1, -0.05) is 19.1 Å². The summed E-state index contributed by atoms with van der Waals surface area (Å²) in [5.41, 5.74) is 2.43. The molecule has 0 saturated carbocycles. The Morgan fingerprint density at radius 2 is 2.00 bits per heavy atom. The average Bonchev–Trinajstić information content (AvgIpc) is 2.77. The van der Waals surface area contributed by atoms with Crippen LogP contribution in [0.4, 0.5) is 5.69 Å². The van der Waals surface area contributed by atoms with Gasteiger partial charge in [0.25, 0.3) is 0 Å². The Morgan fingerprint density at radius 1 is 1.31 bits per heavy atom. The first kappa shape index (κ1) is 11.4. The third kappa shape index (κ3) is 2.36. The molecule has 0 unspecified atom stereocenters. The molecule has 88 valence electrons. The predicted octanol–water partition coefficient (Wildman–Crippen LogP) is 2.15. The van der Waals surface area contributed by atoms with Crippen LogP contribution in [0.15, 0.2) is 24.3 Å². The molecule has 3 nitrogen and oxygen atoms in total. The molecule has 2 atom stereocenters. The summed E-state index contributed by atoms with van der Waals surface area (Å²) in [6, 6.07) is 9.01. The van der Waals surface area contributed by atoms with Gasteiger partial charge in [0, 0.05) is 25.8 Å². The van der Waals surface area contributed by atoms with E-state index < -0.39 is 0 Å². The number of rotatable bonds is 3. The van der Waals surface area contributed by atoms with E-state index in [0.29, 0.717) is 6.04 Å². The lowest BCUT2D eigenvalue weighted by molar-refractivity contribution is 0.101. The summed E-state index contributed by atoms with van der Waals surface area (Å²) in [7, 11) is 4.10. The van der Waals surface area contributed by atoms with Crippen LogP contribution in [0.2, 0.25) is 0 Å². The molecule has 3 heteroatoms. The number of hydrogen-bond donors (Lipinski definition) is 1. The SMILES string of the molecule is CC[C@H]1CO[C@@H](c2ccc(N(C)C)cc2)N1. The first-order valence-electron chi connectivity index (χ1n) is 5.85. The van der Waals surface area contributed by atoms with Gasteiger partial charge in [0.1, 0.15) is 6.23 Å². The molecule has 1 N–H and O–H groups in total. The van der Waals surface area contributed by atoms with Crippen molar-refractivity contribution in [2.24, 2.45) is 0 Å². The summed E-state index contributed by atoms with van der Waals surface area (Å²) in [6.07, 6.45) is 1.19. The Kier molecular flexibility index (Phi) is 3.46. The van der Waals surface area contributed by atoms with Gasteiger partial charge in [-0.25, -0.2) is 0 Å². The molecule has 0 bridgehead atoms. The van der Waals surface area contributed by atoms with Gasteiger partial charge in [-0.15, -0.1) is 0 Å². The summed E-state index contributed by atoms with van der Waals surface area (Å²) >= 11 is 0. The van der Waals surface area contributed by atoms with Gasteiger partial charge >= 0.3 is 0 Å². The van der Waals surface area contributed by atoms with E-state index in [1.807, 2.05) is 14.1 Å². The summed E-state index contributed by atoms with van der Waals surface area (Å²) < 4.78 is 5.72. The van der Waals surface area contributed by atoms with Crippen LogP contribution in [0.5, 0.6) is 0 Å². The lowest BCUT2D eigenvalue weighted by Crippen LogP contribution is -2.24. The van der Waals surface area contributed by atoms with E-state index in [1.54, 1.807) is 0 Å². The van der Waals surface area contributed by atoms with Crippen LogP contribution in [0, 0.1) is 0 Å². The fourth-order valence-electron chi connectivity index (χ4n) is 1.90. The van der Waals surface area contributed by atoms with Gasteiger partial charge in [-0.3, -0.25) is 5.32 Å². The van der Waals surface area contributed by atoms with E-state index in [0.717, 1.165) is 13.0 Å². The summed E-state index contributed by atoms with van der Waals surface area (Å²) in [6.45, 7) is 3.00. The van der Waals surface area contributed by atoms with Crippen LogP contribution in [0.1, 0.15) is 25.1 Å². The van der Waals surface area contributed by atoms with Crippen LogP contribution in [0.3, 0.4) is 0 Å². The molecule has 0 amide bonds. The standard InChI is InChI=1S/C13H20N2O/c1-4-11-9-16-13(14-11)10-5-7-12(8-6-10)15(2)3/h5-8,11,13-14H,4,9H2,1-3H3/t11-,13-/m0/s1. The Hall–Kier alpha value is -1.06. The van der Waals surface area contributed by atoms with Crippen LogP contribution in [-0.2, 0) is 4.74 Å². The van der Waals surface area contributed by atoms with Gasteiger partial charge in [-0.2, -0.15) is 0 Å². The molecular weight excluding hydrogens is 200 g/mol. The molecule has 16 heavy (non-hydrogen) atoms. The molecule has 1 aliphatic heterocycles. The van der Waals surface area contributed by atoms with Gasteiger partial charge < -0.3 is 9.64 Å². The third-order valence-corrected chi connectivity index (χ3v) is 3.06. The average molecular weight is 220 g/mol. The topological polar surface area (TPSA) is 24.5 Å². The second kappa shape index (κ2) is 4.85. The maximum absolute atomic E-state index is 5.72. The van der Waals surface area contributed by atoms with E-state index in [2.05, 4.69) is 41.4 Å². The van der Waals surface area contributed by atoms with Crippen LogP contribution >= 0.6 is 0 Å². The molecule has 1 aliphatic rings. The Balaban J connectivity index is 2.05. The van der Waals surface area contributed by atoms with Gasteiger partial charge in [0.05, 0.1) is 6.61 Å². The largest absolute Gasteiger partial charge is 0.378 e. The predicted molar refractivity (Wildman–Crippen MR) is 66.7 cm³/mol. The molecule has 2 rings (SSSR count). The Bertz CT molecular complexity index is 334. The van der Waals surface area contributed by atoms with Crippen molar-refractivity contribution in [3.63, 3.8) is 0 Å². The zero-order chi connectivity index (χ0) is 11.5. The zero-order valence-electron chi connectivity index (χ0n) is 10.2. The summed E-state index contributed by atoms with van der Waals surface area (Å²) in [4.78, 5) is 2.10. The number of benzene rings is 1. The highest BCUT2D eigenvalue weighted by Gasteiger charge is 2.23. The lowest BCUT2D eigenvalue weighted by Gasteiger charge is -2.15. The zero-order valence-corrected chi connectivity index (χ0v) is 10.2. The highest BCUT2D eigenvalue weighted by molar-refractivity contribution is 5.46. The molecule has 0 spiro atoms. The van der Waals surface area contributed by atoms with E-state index >= 15 is 0 Å². The molecule has 0 aliphatic carbocycles. The van der Waals surface area contributed by atoms with E-state index in [-0.39, 0.29) is 6.23 Å². The van der Waals surface area contributed by atoms with Crippen molar-refractivity contribution >= 4 is 5.69 Å². The van der Waals surface area contributed by atoms with Crippen LogP contribution in [-0.4, -0.2) is 26.7 Å². The third-order valence-electron chi connectivity index (χ3n) is 3.06. The normalized spacial score (nSPS) is 24.7. The number of nitrogens with zero attached hydrogens (tertiary/aromatic N) is 1. The first-order chi connectivity index (χ1) is 7.70. The number of ether oxygens (including phenoxy) is 1. The fourth-order valence-corrected chi connectivity index (χ4v) is 1.90. The van der Waals surface area contributed by atoms with E-state index in [9.17, 15) is 0 Å². The van der Waals surface area contributed by atoms with Crippen molar-refractivity contribution in [2.45, 2.75) is 25.6 Å². The molecule has 1 aromatic carbocycles. The molecule has 1 saturated heterocycles. The minimum absolute atomic E-state index is 0.0705. The van der Waals surface area contributed by atoms with Crippen LogP contribution in [0.25, 0.3) is 0 Å². The molecule has 0 radical (unpaired) electrons. The van der Waals surface area contributed by atoms with Crippen molar-refractivity contribution in [3.8, 4) is 0 Å². The Labute approximate surface area is 97.4 Å². The van der Waals surface area contributed by atoms with E-state index in [4.69, 9.17) is 4.74 Å². The van der Waals surface area contributed by atoms with E-state index in [1.165, 1.54) is 11.3 Å². The summed E-state index contributed by atoms with van der Waals surface area (Å²) in [5.74, 6) is 0. The molecule has 1 aromatic rings. The maximum atomic E-state index is 5.72. The minimum Gasteiger partial charge on any atom is -0.378 e. The van der Waals surface area contributed by atoms with Crippen molar-refractivity contribution in [3.05, 3.63) is 29.8 Å². The fraction of sp³-hybridized carbons (Fsp3) is 0.538. The second-order valence-electron chi connectivity index (χ2n) is 4.47. The van der Waals surface area contributed by atoms with Gasteiger partial charge in [0.15, 0.2) is 0 Å². The lowest BCUT2D eigenvalue weighted by atomic mass is 10.1. The van der Waals surface area contributed by atoms with Crippen molar-refractivity contribution in [2.75, 3.05) is 25.6 Å². The maximum Gasteiger partial charge on any atom is 0.134 e. The number of nitrogens with one attached hydrogen (secondary N) is 1. The van der Waals surface area contributed by atoms with Crippen molar-refractivity contribution < 1.29 is 4.74 Å². The minimum atomic E-state index is 0.0705. The highest BCUT2D eigenvalue weighted by atomic mass is 16.5. The molecule has 0 aromatic heterocycles. The number of hydrogen-bond acceptors (Lipinski definition) is 3. The van der Waals surface area contributed by atoms with Crippen molar-refractivity contribution in [1.82, 2.24) is 5.32 Å². The quantitative estimate of drug-likeness (QED) is 0.844. The Morgan fingerprint density at radius 3 is 2.50 bits per heavy atom. The highest BCUT2D eigenvalue weighted by Crippen LogP contribution is 2.23. The summed E-state index contributed by atoms with van der Waals surface area (Å²) in [5, 5.41) is 3.47. The smallest absolute Gasteiger partial charge is 0.134 e.